The van der Waals surface area contributed by atoms with E-state index >= 15 is 0 Å². The number of hydrogen-bond donors (Lipinski definition) is 2. The van der Waals surface area contributed by atoms with Crippen LogP contribution >= 0.6 is 11.6 Å². The third-order valence-corrected chi connectivity index (χ3v) is 7.07. The molecule has 6 nitrogen and oxygen atoms in total. The molecule has 1 fully saturated rings. The normalized spacial score (nSPS) is 13.9. The second kappa shape index (κ2) is 13.6. The molecule has 3 aromatic carbocycles. The molecule has 1 saturated heterocycles. The van der Waals surface area contributed by atoms with Crippen molar-refractivity contribution in [3.05, 3.63) is 76.8 Å². The fraction of sp³-hybridized carbons (Fsp3) is 0.400. The van der Waals surface area contributed by atoms with Crippen LogP contribution < -0.4 is 25.4 Å². The maximum atomic E-state index is 6.47. The number of nitrogens with zero attached hydrogens (tertiary/aromatic N) is 2. The summed E-state index contributed by atoms with van der Waals surface area (Å²) in [6, 6.07) is 19.9. The van der Waals surface area contributed by atoms with Gasteiger partial charge >= 0.3 is 0 Å². The lowest BCUT2D eigenvalue weighted by Gasteiger charge is -2.28. The zero-order chi connectivity index (χ0) is 26.0. The van der Waals surface area contributed by atoms with Crippen LogP contribution in [0.1, 0.15) is 30.9 Å². The number of ether oxygens (including phenoxy) is 2. The highest BCUT2D eigenvalue weighted by atomic mass is 35.5. The fourth-order valence-corrected chi connectivity index (χ4v) is 4.61. The van der Waals surface area contributed by atoms with Crippen LogP contribution in [-0.4, -0.2) is 50.8 Å². The number of benzene rings is 3. The number of piperazine rings is 1. The molecule has 4 rings (SSSR count). The fourth-order valence-electron chi connectivity index (χ4n) is 4.49. The maximum Gasteiger partial charge on any atom is 0.127 e. The van der Waals surface area contributed by atoms with E-state index in [-0.39, 0.29) is 0 Å². The molecule has 0 bridgehead atoms. The van der Waals surface area contributed by atoms with Gasteiger partial charge in [0.05, 0.1) is 11.4 Å². The van der Waals surface area contributed by atoms with Gasteiger partial charge in [-0.2, -0.15) is 0 Å². The van der Waals surface area contributed by atoms with Gasteiger partial charge in [-0.15, -0.1) is 0 Å². The summed E-state index contributed by atoms with van der Waals surface area (Å²) in [5, 5.41) is 4.13. The lowest BCUT2D eigenvalue weighted by molar-refractivity contribution is 0.191. The van der Waals surface area contributed by atoms with Gasteiger partial charge in [-0.25, -0.2) is 0 Å². The zero-order valence-electron chi connectivity index (χ0n) is 22.0. The third kappa shape index (κ3) is 8.03. The summed E-state index contributed by atoms with van der Waals surface area (Å²) in [5.41, 5.74) is 10.4. The Kier molecular flexibility index (Phi) is 9.94. The van der Waals surface area contributed by atoms with Crippen LogP contribution in [-0.2, 0) is 6.54 Å². The van der Waals surface area contributed by atoms with Crippen molar-refractivity contribution in [3.63, 3.8) is 0 Å². The Bertz CT molecular complexity index is 1150. The number of rotatable bonds is 12. The van der Waals surface area contributed by atoms with Gasteiger partial charge in [0.2, 0.25) is 0 Å². The van der Waals surface area contributed by atoms with Gasteiger partial charge in [0.25, 0.3) is 0 Å². The number of aryl methyl sites for hydroxylation is 1. The number of hydrogen-bond acceptors (Lipinski definition) is 6. The Morgan fingerprint density at radius 1 is 1.00 bits per heavy atom. The molecule has 7 heteroatoms. The first-order chi connectivity index (χ1) is 18.0. The van der Waals surface area contributed by atoms with Gasteiger partial charge in [0, 0.05) is 56.9 Å². The molecule has 0 aliphatic carbocycles. The van der Waals surface area contributed by atoms with Gasteiger partial charge in [-0.3, -0.25) is 4.90 Å². The Morgan fingerprint density at radius 2 is 1.78 bits per heavy atom. The van der Waals surface area contributed by atoms with Crippen molar-refractivity contribution in [2.24, 2.45) is 0 Å². The van der Waals surface area contributed by atoms with Crippen molar-refractivity contribution in [1.29, 1.82) is 0 Å². The third-order valence-electron chi connectivity index (χ3n) is 6.65. The lowest BCUT2D eigenvalue weighted by atomic mass is 10.1. The van der Waals surface area contributed by atoms with Crippen molar-refractivity contribution >= 4 is 23.0 Å². The zero-order valence-corrected chi connectivity index (χ0v) is 22.8. The molecule has 0 aromatic heterocycles. The predicted molar refractivity (Wildman–Crippen MR) is 154 cm³/mol. The minimum atomic E-state index is 0.669. The highest BCUT2D eigenvalue weighted by Gasteiger charge is 2.14. The number of nitrogens with two attached hydrogens (primary N) is 1. The topological polar surface area (TPSA) is 63.0 Å². The predicted octanol–water partition coefficient (Wildman–Crippen LogP) is 6.11. The number of nitrogen functional groups attached to an aromatic ring is 1. The van der Waals surface area contributed by atoms with Crippen LogP contribution in [0.25, 0.3) is 0 Å². The highest BCUT2D eigenvalue weighted by molar-refractivity contribution is 6.31. The van der Waals surface area contributed by atoms with Gasteiger partial charge < -0.3 is 25.4 Å². The molecule has 3 aromatic rings. The van der Waals surface area contributed by atoms with Crippen LogP contribution in [0.3, 0.4) is 0 Å². The van der Waals surface area contributed by atoms with Crippen molar-refractivity contribution < 1.29 is 9.47 Å². The molecule has 1 heterocycles. The van der Waals surface area contributed by atoms with Crippen molar-refractivity contribution in [2.45, 2.75) is 33.2 Å². The van der Waals surface area contributed by atoms with Gasteiger partial charge in [-0.1, -0.05) is 37.1 Å². The molecule has 0 spiro atoms. The summed E-state index contributed by atoms with van der Waals surface area (Å²) in [5.74, 6) is 2.43. The number of nitrogens with one attached hydrogen (secondary N) is 1. The molecule has 1 aliphatic heterocycles. The molecule has 0 saturated carbocycles. The van der Waals surface area contributed by atoms with E-state index in [1.165, 1.54) is 0 Å². The molecule has 1 aliphatic rings. The van der Waals surface area contributed by atoms with Crippen LogP contribution in [0.2, 0.25) is 5.02 Å². The second-order valence-corrected chi connectivity index (χ2v) is 10.0. The van der Waals surface area contributed by atoms with Crippen LogP contribution in [0.4, 0.5) is 11.4 Å². The molecular weight excluding hydrogens is 484 g/mol. The standard InChI is InChI=1S/C30H39ClN4O2/c1-3-4-14-35(22-24-6-5-7-26(20-24)37-27-8-10-28(31)23(2)19-27)30-21-25(9-11-29(30)32)36-18-17-34-15-12-33-13-16-34/h5-11,19-21,33H,3-4,12-18,22,32H2,1-2H3. The van der Waals surface area contributed by atoms with E-state index in [1.807, 2.05) is 49.4 Å². The summed E-state index contributed by atoms with van der Waals surface area (Å²) in [7, 11) is 0. The Hall–Kier alpha value is -2.93. The molecule has 198 valence electrons. The van der Waals surface area contributed by atoms with E-state index in [9.17, 15) is 0 Å². The first-order valence-electron chi connectivity index (χ1n) is 13.2. The molecule has 0 unspecified atom stereocenters. The van der Waals surface area contributed by atoms with E-state index < -0.39 is 0 Å². The van der Waals surface area contributed by atoms with Crippen molar-refractivity contribution in [3.8, 4) is 17.2 Å². The average molecular weight is 523 g/mol. The minimum absolute atomic E-state index is 0.669. The molecular formula is C30H39ClN4O2. The Balaban J connectivity index is 1.45. The first kappa shape index (κ1) is 27.1. The van der Waals surface area contributed by atoms with Crippen LogP contribution in [0.15, 0.2) is 60.7 Å². The maximum absolute atomic E-state index is 6.47. The van der Waals surface area contributed by atoms with E-state index in [0.29, 0.717) is 6.61 Å². The minimum Gasteiger partial charge on any atom is -0.492 e. The van der Waals surface area contributed by atoms with Crippen LogP contribution in [0, 0.1) is 6.92 Å². The van der Waals surface area contributed by atoms with E-state index in [1.54, 1.807) is 0 Å². The Labute approximate surface area is 226 Å². The number of anilines is 2. The monoisotopic (exact) mass is 522 g/mol. The quantitative estimate of drug-likeness (QED) is 0.280. The SMILES string of the molecule is CCCCN(Cc1cccc(Oc2ccc(Cl)c(C)c2)c1)c1cc(OCCN2CCNCC2)ccc1N. The van der Waals surface area contributed by atoms with Gasteiger partial charge in [0.1, 0.15) is 23.9 Å². The van der Waals surface area contributed by atoms with Crippen molar-refractivity contribution in [2.75, 3.05) is 56.5 Å². The van der Waals surface area contributed by atoms with E-state index in [4.69, 9.17) is 26.8 Å². The summed E-state index contributed by atoms with van der Waals surface area (Å²) < 4.78 is 12.3. The molecule has 0 amide bonds. The Morgan fingerprint density at radius 3 is 2.57 bits per heavy atom. The van der Waals surface area contributed by atoms with E-state index in [0.717, 1.165) is 103 Å². The largest absolute Gasteiger partial charge is 0.492 e. The number of halogens is 1. The second-order valence-electron chi connectivity index (χ2n) is 9.60. The lowest BCUT2D eigenvalue weighted by Crippen LogP contribution is -2.44. The van der Waals surface area contributed by atoms with Crippen LogP contribution in [0.5, 0.6) is 17.2 Å². The van der Waals surface area contributed by atoms with E-state index in [2.05, 4.69) is 40.2 Å². The van der Waals surface area contributed by atoms with Crippen molar-refractivity contribution in [1.82, 2.24) is 10.2 Å². The highest BCUT2D eigenvalue weighted by Crippen LogP contribution is 2.31. The molecule has 37 heavy (non-hydrogen) atoms. The summed E-state index contributed by atoms with van der Waals surface area (Å²) in [6.45, 7) is 11.7. The van der Waals surface area contributed by atoms with Gasteiger partial charge in [0.15, 0.2) is 0 Å². The summed E-state index contributed by atoms with van der Waals surface area (Å²) in [6.07, 6.45) is 2.18. The number of unbranched alkanes of at least 4 members (excludes halogenated alkanes) is 1. The smallest absolute Gasteiger partial charge is 0.127 e. The molecule has 3 N–H and O–H groups in total. The van der Waals surface area contributed by atoms with Gasteiger partial charge in [-0.05, 0) is 66.9 Å². The molecule has 0 radical (unpaired) electrons. The average Bonchev–Trinajstić information content (AvgIpc) is 2.90. The summed E-state index contributed by atoms with van der Waals surface area (Å²) >= 11 is 6.17. The summed E-state index contributed by atoms with van der Waals surface area (Å²) in [4.78, 5) is 4.77. The first-order valence-corrected chi connectivity index (χ1v) is 13.6. The molecule has 0 atom stereocenters.